The summed E-state index contributed by atoms with van der Waals surface area (Å²) in [5.41, 5.74) is -0.318. The van der Waals surface area contributed by atoms with E-state index in [1.54, 1.807) is 0 Å². The first-order valence-electron chi connectivity index (χ1n) is 6.48. The van der Waals surface area contributed by atoms with Gasteiger partial charge in [0.05, 0.1) is 18.4 Å². The first kappa shape index (κ1) is 16.6. The number of halogens is 3. The zero-order valence-corrected chi connectivity index (χ0v) is 11.7. The molecule has 0 aliphatic rings. The van der Waals surface area contributed by atoms with Crippen LogP contribution in [-0.4, -0.2) is 34.6 Å². The first-order chi connectivity index (χ1) is 10.8. The van der Waals surface area contributed by atoms with Crippen LogP contribution in [0.2, 0.25) is 0 Å². The molecule has 0 aliphatic carbocycles. The molecule has 122 valence electrons. The molecule has 0 radical (unpaired) electrons. The van der Waals surface area contributed by atoms with Gasteiger partial charge >= 0.3 is 12.1 Å². The molecule has 0 fully saturated rings. The second kappa shape index (κ2) is 6.55. The summed E-state index contributed by atoms with van der Waals surface area (Å²) in [6.07, 6.45) is -3.30. The van der Waals surface area contributed by atoms with Gasteiger partial charge in [0, 0.05) is 5.56 Å². The Bertz CT molecular complexity index is 695. The number of hydrogen-bond acceptors (Lipinski definition) is 3. The minimum absolute atomic E-state index is 0.138. The van der Waals surface area contributed by atoms with Crippen LogP contribution in [-0.2, 0) is 6.54 Å². The quantitative estimate of drug-likeness (QED) is 0.915. The molecule has 1 aromatic heterocycles. The van der Waals surface area contributed by atoms with Gasteiger partial charge in [0.15, 0.2) is 0 Å². The van der Waals surface area contributed by atoms with Gasteiger partial charge in [-0.3, -0.25) is 4.79 Å². The molecule has 5 nitrogen and oxygen atoms in total. The number of amides is 1. The first-order valence-corrected chi connectivity index (χ1v) is 6.48. The summed E-state index contributed by atoms with van der Waals surface area (Å²) < 4.78 is 43.1. The second-order valence-electron chi connectivity index (χ2n) is 4.74. The summed E-state index contributed by atoms with van der Waals surface area (Å²) in [5.74, 6) is -2.01. The molecule has 0 saturated carbocycles. The van der Waals surface area contributed by atoms with Crippen LogP contribution >= 0.6 is 0 Å². The molecule has 1 heterocycles. The fourth-order valence-electron chi connectivity index (χ4n) is 1.97. The highest BCUT2D eigenvalue weighted by Gasteiger charge is 2.34. The largest absolute Gasteiger partial charge is 0.478 e. The Morgan fingerprint density at radius 2 is 1.83 bits per heavy atom. The van der Waals surface area contributed by atoms with Crippen molar-refractivity contribution in [1.29, 1.82) is 0 Å². The van der Waals surface area contributed by atoms with Crippen LogP contribution in [0.25, 0.3) is 0 Å². The summed E-state index contributed by atoms with van der Waals surface area (Å²) in [5, 5.41) is 8.90. The molecule has 2 rings (SSSR count). The molecule has 0 bridgehead atoms. The molecule has 0 aliphatic heterocycles. The number of alkyl halides is 3. The van der Waals surface area contributed by atoms with Crippen molar-refractivity contribution in [2.75, 3.05) is 6.54 Å². The smallest absolute Gasteiger partial charge is 0.406 e. The van der Waals surface area contributed by atoms with Crippen LogP contribution in [0.5, 0.6) is 0 Å². The lowest BCUT2D eigenvalue weighted by molar-refractivity contribution is -0.142. The van der Waals surface area contributed by atoms with E-state index in [0.717, 1.165) is 6.07 Å². The van der Waals surface area contributed by atoms with Crippen molar-refractivity contribution in [3.63, 3.8) is 0 Å². The molecule has 23 heavy (non-hydrogen) atoms. The van der Waals surface area contributed by atoms with Gasteiger partial charge in [-0.15, -0.1) is 0 Å². The Labute approximate surface area is 128 Å². The highest BCUT2D eigenvalue weighted by atomic mass is 19.4. The number of hydrogen-bond donors (Lipinski definition) is 1. The third-order valence-electron chi connectivity index (χ3n) is 2.94. The van der Waals surface area contributed by atoms with Crippen molar-refractivity contribution in [3.8, 4) is 0 Å². The number of carbonyl (C=O) groups is 2. The van der Waals surface area contributed by atoms with Crippen LogP contribution in [0.4, 0.5) is 13.2 Å². The molecular weight excluding hydrogens is 315 g/mol. The average molecular weight is 327 g/mol. The van der Waals surface area contributed by atoms with Crippen LogP contribution < -0.4 is 0 Å². The number of aromatic carboxylic acids is 1. The lowest BCUT2D eigenvalue weighted by atomic mass is 10.1. The number of furan rings is 1. The summed E-state index contributed by atoms with van der Waals surface area (Å²) in [6, 6.07) is 7.80. The van der Waals surface area contributed by atoms with Crippen LogP contribution in [0.1, 0.15) is 26.5 Å². The van der Waals surface area contributed by atoms with E-state index in [4.69, 9.17) is 9.52 Å². The van der Waals surface area contributed by atoms with Crippen molar-refractivity contribution in [3.05, 3.63) is 59.5 Å². The van der Waals surface area contributed by atoms with Gasteiger partial charge in [-0.1, -0.05) is 6.07 Å². The van der Waals surface area contributed by atoms with E-state index in [1.165, 1.54) is 36.6 Å². The highest BCUT2D eigenvalue weighted by molar-refractivity contribution is 5.97. The topological polar surface area (TPSA) is 70.8 Å². The molecule has 2 aromatic rings. The Kier molecular flexibility index (Phi) is 4.73. The third-order valence-corrected chi connectivity index (χ3v) is 2.94. The maximum Gasteiger partial charge on any atom is 0.406 e. The Balaban J connectivity index is 2.28. The number of nitrogens with zero attached hydrogens (tertiary/aromatic N) is 1. The van der Waals surface area contributed by atoms with Gasteiger partial charge in [0.1, 0.15) is 12.3 Å². The fourth-order valence-corrected chi connectivity index (χ4v) is 1.97. The van der Waals surface area contributed by atoms with Crippen LogP contribution in [0.15, 0.2) is 47.1 Å². The van der Waals surface area contributed by atoms with Crippen molar-refractivity contribution in [2.45, 2.75) is 12.7 Å². The third kappa shape index (κ3) is 4.60. The van der Waals surface area contributed by atoms with Gasteiger partial charge in [0.2, 0.25) is 0 Å². The number of benzene rings is 1. The van der Waals surface area contributed by atoms with E-state index in [0.29, 0.717) is 4.90 Å². The molecule has 0 saturated heterocycles. The Morgan fingerprint density at radius 1 is 1.13 bits per heavy atom. The van der Waals surface area contributed by atoms with Crippen molar-refractivity contribution in [2.24, 2.45) is 0 Å². The summed E-state index contributed by atoms with van der Waals surface area (Å²) >= 11 is 0. The van der Waals surface area contributed by atoms with E-state index in [1.807, 2.05) is 0 Å². The number of carboxylic acid groups (broad SMARTS) is 1. The monoisotopic (exact) mass is 327 g/mol. The maximum absolute atomic E-state index is 12.7. The van der Waals surface area contributed by atoms with E-state index < -0.39 is 24.6 Å². The number of carbonyl (C=O) groups excluding carboxylic acids is 1. The molecule has 8 heteroatoms. The minimum atomic E-state index is -4.59. The lowest BCUT2D eigenvalue weighted by Gasteiger charge is -2.23. The summed E-state index contributed by atoms with van der Waals surface area (Å²) in [4.78, 5) is 23.8. The molecular formula is C15H12F3NO4. The van der Waals surface area contributed by atoms with E-state index in [2.05, 4.69) is 0 Å². The van der Waals surface area contributed by atoms with Crippen molar-refractivity contribution >= 4 is 11.9 Å². The predicted octanol–water partition coefficient (Wildman–Crippen LogP) is 3.18. The van der Waals surface area contributed by atoms with Gasteiger partial charge < -0.3 is 14.4 Å². The zero-order chi connectivity index (χ0) is 17.0. The van der Waals surface area contributed by atoms with Crippen molar-refractivity contribution in [1.82, 2.24) is 4.90 Å². The molecule has 1 aromatic carbocycles. The van der Waals surface area contributed by atoms with Gasteiger partial charge in [-0.2, -0.15) is 13.2 Å². The number of carboxylic acids is 1. The lowest BCUT2D eigenvalue weighted by Crippen LogP contribution is -2.38. The second-order valence-corrected chi connectivity index (χ2v) is 4.74. The fraction of sp³-hybridized carbons (Fsp3) is 0.200. The van der Waals surface area contributed by atoms with E-state index >= 15 is 0 Å². The Hall–Kier alpha value is -2.77. The maximum atomic E-state index is 12.7. The Morgan fingerprint density at radius 3 is 2.39 bits per heavy atom. The van der Waals surface area contributed by atoms with Gasteiger partial charge in [-0.25, -0.2) is 4.79 Å². The minimum Gasteiger partial charge on any atom is -0.478 e. The van der Waals surface area contributed by atoms with Gasteiger partial charge in [-0.05, 0) is 30.3 Å². The van der Waals surface area contributed by atoms with Gasteiger partial charge in [0.25, 0.3) is 5.91 Å². The van der Waals surface area contributed by atoms with Crippen LogP contribution in [0.3, 0.4) is 0 Å². The standard InChI is InChI=1S/C15H12F3NO4/c16-15(17,18)9-19(8-12-5-2-6-23-12)13(20)10-3-1-4-11(7-10)14(21)22/h1-7H,8-9H2,(H,21,22). The normalized spacial score (nSPS) is 11.3. The molecule has 0 atom stereocenters. The van der Waals surface area contributed by atoms with E-state index in [9.17, 15) is 22.8 Å². The van der Waals surface area contributed by atoms with Crippen LogP contribution in [0, 0.1) is 0 Å². The molecule has 0 spiro atoms. The average Bonchev–Trinajstić information content (AvgIpc) is 2.97. The summed E-state index contributed by atoms with van der Waals surface area (Å²) in [7, 11) is 0. The van der Waals surface area contributed by atoms with Crippen molar-refractivity contribution < 1.29 is 32.3 Å². The highest BCUT2D eigenvalue weighted by Crippen LogP contribution is 2.20. The summed E-state index contributed by atoms with van der Waals surface area (Å²) in [6.45, 7) is -1.84. The SMILES string of the molecule is O=C(O)c1cccc(C(=O)N(Cc2ccco2)CC(F)(F)F)c1. The molecule has 1 amide bonds. The zero-order valence-electron chi connectivity index (χ0n) is 11.7. The van der Waals surface area contributed by atoms with E-state index in [-0.39, 0.29) is 23.4 Å². The number of rotatable bonds is 5. The molecule has 1 N–H and O–H groups in total. The predicted molar refractivity (Wildman–Crippen MR) is 72.9 cm³/mol. The molecule has 0 unspecified atom stereocenters.